The molecule has 1 aliphatic heterocycles. The number of amides is 2. The van der Waals surface area contributed by atoms with Gasteiger partial charge in [0, 0.05) is 37.3 Å². The van der Waals surface area contributed by atoms with Gasteiger partial charge in [-0.05, 0) is 43.8 Å². The molecule has 1 heterocycles. The van der Waals surface area contributed by atoms with E-state index < -0.39 is 0 Å². The van der Waals surface area contributed by atoms with E-state index >= 15 is 0 Å². The third kappa shape index (κ3) is 4.70. The fraction of sp³-hybridized carbons (Fsp3) is 0.364. The number of carbonyl (C=O) groups excluding carboxylic acids is 2. The van der Waals surface area contributed by atoms with Crippen molar-refractivity contribution < 1.29 is 14.3 Å². The van der Waals surface area contributed by atoms with E-state index in [1.165, 1.54) is 0 Å². The summed E-state index contributed by atoms with van der Waals surface area (Å²) in [5, 5.41) is 2.88. The maximum absolute atomic E-state index is 12.8. The number of carbonyl (C=O) groups is 2. The minimum atomic E-state index is -0.266. The number of rotatable bonds is 6. The second-order valence-electron chi connectivity index (χ2n) is 6.69. The van der Waals surface area contributed by atoms with Gasteiger partial charge < -0.3 is 19.9 Å². The van der Waals surface area contributed by atoms with Crippen molar-refractivity contribution in [3.05, 3.63) is 59.7 Å². The summed E-state index contributed by atoms with van der Waals surface area (Å²) >= 11 is 0. The lowest BCUT2D eigenvalue weighted by Crippen LogP contribution is -2.48. The van der Waals surface area contributed by atoms with E-state index in [9.17, 15) is 9.59 Å². The number of benzene rings is 2. The molecule has 2 aromatic rings. The van der Waals surface area contributed by atoms with Crippen LogP contribution in [0.15, 0.2) is 48.5 Å². The Balaban J connectivity index is 1.71. The molecule has 2 amide bonds. The molecule has 148 valence electrons. The monoisotopic (exact) mass is 381 g/mol. The average molecular weight is 381 g/mol. The van der Waals surface area contributed by atoms with E-state index in [-0.39, 0.29) is 11.8 Å². The number of anilines is 1. The summed E-state index contributed by atoms with van der Waals surface area (Å²) in [4.78, 5) is 29.7. The molecule has 6 heteroatoms. The van der Waals surface area contributed by atoms with Crippen molar-refractivity contribution in [1.82, 2.24) is 9.80 Å². The topological polar surface area (TPSA) is 61.9 Å². The van der Waals surface area contributed by atoms with Crippen LogP contribution in [-0.2, 0) is 0 Å². The van der Waals surface area contributed by atoms with Gasteiger partial charge in [-0.1, -0.05) is 25.1 Å². The molecule has 1 N–H and O–H groups in total. The van der Waals surface area contributed by atoms with Crippen LogP contribution in [0.25, 0.3) is 0 Å². The van der Waals surface area contributed by atoms with Gasteiger partial charge in [-0.3, -0.25) is 9.59 Å². The first-order chi connectivity index (χ1) is 13.6. The van der Waals surface area contributed by atoms with E-state index in [0.29, 0.717) is 42.3 Å². The maximum atomic E-state index is 12.8. The molecule has 0 atom stereocenters. The Morgan fingerprint density at radius 1 is 0.964 bits per heavy atom. The van der Waals surface area contributed by atoms with Crippen molar-refractivity contribution in [3.63, 3.8) is 0 Å². The molecule has 0 unspecified atom stereocenters. The first kappa shape index (κ1) is 19.9. The molecular formula is C22H27N3O3. The van der Waals surface area contributed by atoms with Gasteiger partial charge in [0.2, 0.25) is 0 Å². The second-order valence-corrected chi connectivity index (χ2v) is 6.69. The van der Waals surface area contributed by atoms with E-state index in [2.05, 4.69) is 17.1 Å². The molecule has 1 saturated heterocycles. The van der Waals surface area contributed by atoms with Crippen LogP contribution in [0.5, 0.6) is 5.75 Å². The Morgan fingerprint density at radius 3 is 2.39 bits per heavy atom. The van der Waals surface area contributed by atoms with Crippen LogP contribution in [0.1, 0.15) is 34.6 Å². The zero-order chi connectivity index (χ0) is 19.9. The second kappa shape index (κ2) is 9.37. The van der Waals surface area contributed by atoms with Crippen LogP contribution in [0, 0.1) is 0 Å². The van der Waals surface area contributed by atoms with Gasteiger partial charge in [-0.15, -0.1) is 0 Å². The van der Waals surface area contributed by atoms with Crippen molar-refractivity contribution in [2.45, 2.75) is 13.8 Å². The van der Waals surface area contributed by atoms with Gasteiger partial charge in [-0.2, -0.15) is 0 Å². The summed E-state index contributed by atoms with van der Waals surface area (Å²) in [6, 6.07) is 14.2. The van der Waals surface area contributed by atoms with Crippen LogP contribution < -0.4 is 10.1 Å². The third-order valence-corrected chi connectivity index (χ3v) is 4.91. The van der Waals surface area contributed by atoms with Gasteiger partial charge in [0.1, 0.15) is 5.75 Å². The molecule has 3 rings (SSSR count). The third-order valence-electron chi connectivity index (χ3n) is 4.91. The van der Waals surface area contributed by atoms with Gasteiger partial charge in [0.25, 0.3) is 11.8 Å². The quantitative estimate of drug-likeness (QED) is 0.835. The van der Waals surface area contributed by atoms with Crippen LogP contribution in [0.4, 0.5) is 5.69 Å². The molecule has 1 fully saturated rings. The first-order valence-electron chi connectivity index (χ1n) is 9.77. The Kier molecular flexibility index (Phi) is 6.66. The Labute approximate surface area is 166 Å². The highest BCUT2D eigenvalue weighted by molar-refractivity contribution is 6.06. The van der Waals surface area contributed by atoms with Crippen molar-refractivity contribution in [2.24, 2.45) is 0 Å². The molecule has 1 aliphatic rings. The van der Waals surface area contributed by atoms with Crippen molar-refractivity contribution in [3.8, 4) is 5.75 Å². The van der Waals surface area contributed by atoms with Gasteiger partial charge >= 0.3 is 0 Å². The molecule has 2 aromatic carbocycles. The fourth-order valence-electron chi connectivity index (χ4n) is 3.29. The SMILES string of the molecule is CCOc1ccccc1NC(=O)c1cccc(C(=O)N2CCN(CC)CC2)c1. The van der Waals surface area contributed by atoms with Gasteiger partial charge in [0.05, 0.1) is 12.3 Å². The highest BCUT2D eigenvalue weighted by Gasteiger charge is 2.22. The Bertz CT molecular complexity index is 829. The van der Waals surface area contributed by atoms with Crippen molar-refractivity contribution >= 4 is 17.5 Å². The molecule has 0 spiro atoms. The zero-order valence-electron chi connectivity index (χ0n) is 16.5. The minimum absolute atomic E-state index is 0.0277. The molecule has 0 aromatic heterocycles. The van der Waals surface area contributed by atoms with Gasteiger partial charge in [-0.25, -0.2) is 0 Å². The minimum Gasteiger partial charge on any atom is -0.492 e. The molecule has 28 heavy (non-hydrogen) atoms. The molecule has 0 saturated carbocycles. The number of ether oxygens (including phenoxy) is 1. The predicted octanol–water partition coefficient (Wildman–Crippen LogP) is 3.12. The smallest absolute Gasteiger partial charge is 0.255 e. The highest BCUT2D eigenvalue weighted by atomic mass is 16.5. The lowest BCUT2D eigenvalue weighted by atomic mass is 10.1. The zero-order valence-corrected chi connectivity index (χ0v) is 16.5. The Hall–Kier alpha value is -2.86. The fourth-order valence-corrected chi connectivity index (χ4v) is 3.29. The molecular weight excluding hydrogens is 354 g/mol. The molecule has 0 bridgehead atoms. The van der Waals surface area contributed by atoms with Crippen LogP contribution in [-0.4, -0.2) is 60.9 Å². The summed E-state index contributed by atoms with van der Waals surface area (Å²) < 4.78 is 5.55. The summed E-state index contributed by atoms with van der Waals surface area (Å²) in [7, 11) is 0. The molecule has 0 aliphatic carbocycles. The highest BCUT2D eigenvalue weighted by Crippen LogP contribution is 2.24. The van der Waals surface area contributed by atoms with Crippen molar-refractivity contribution in [2.75, 3.05) is 44.6 Å². The normalized spacial score (nSPS) is 14.6. The van der Waals surface area contributed by atoms with Crippen LogP contribution in [0.3, 0.4) is 0 Å². The lowest BCUT2D eigenvalue weighted by Gasteiger charge is -2.34. The van der Waals surface area contributed by atoms with E-state index in [4.69, 9.17) is 4.74 Å². The molecule has 0 radical (unpaired) electrons. The molecule has 6 nitrogen and oxygen atoms in total. The number of likely N-dealkylation sites (N-methyl/N-ethyl adjacent to an activating group) is 1. The number of nitrogens with one attached hydrogen (secondary N) is 1. The predicted molar refractivity (Wildman–Crippen MR) is 110 cm³/mol. The summed E-state index contributed by atoms with van der Waals surface area (Å²) in [5.74, 6) is 0.331. The summed E-state index contributed by atoms with van der Waals surface area (Å²) in [5.41, 5.74) is 1.60. The first-order valence-corrected chi connectivity index (χ1v) is 9.77. The van der Waals surface area contributed by atoms with E-state index in [0.717, 1.165) is 19.6 Å². The lowest BCUT2D eigenvalue weighted by molar-refractivity contribution is 0.0643. The number of piperazine rings is 1. The largest absolute Gasteiger partial charge is 0.492 e. The van der Waals surface area contributed by atoms with Gasteiger partial charge in [0.15, 0.2) is 0 Å². The standard InChI is InChI=1S/C22H27N3O3/c1-3-24-12-14-25(15-13-24)22(27)18-9-7-8-17(16-18)21(26)23-19-10-5-6-11-20(19)28-4-2/h5-11,16H,3-4,12-15H2,1-2H3,(H,23,26). The van der Waals surface area contributed by atoms with E-state index in [1.54, 1.807) is 30.3 Å². The summed E-state index contributed by atoms with van der Waals surface area (Å²) in [6.07, 6.45) is 0. The van der Waals surface area contributed by atoms with E-state index in [1.807, 2.05) is 30.0 Å². The number of para-hydroxylation sites is 2. The number of nitrogens with zero attached hydrogens (tertiary/aromatic N) is 2. The number of hydrogen-bond donors (Lipinski definition) is 1. The van der Waals surface area contributed by atoms with Crippen molar-refractivity contribution in [1.29, 1.82) is 0 Å². The maximum Gasteiger partial charge on any atom is 0.255 e. The van der Waals surface area contributed by atoms with Crippen LogP contribution in [0.2, 0.25) is 0 Å². The van der Waals surface area contributed by atoms with Crippen LogP contribution >= 0.6 is 0 Å². The Morgan fingerprint density at radius 2 is 1.68 bits per heavy atom. The number of hydrogen-bond acceptors (Lipinski definition) is 4. The average Bonchev–Trinajstić information content (AvgIpc) is 2.75. The summed E-state index contributed by atoms with van der Waals surface area (Å²) in [6.45, 7) is 8.74.